The molecule has 2 rings (SSSR count). The zero-order valence-electron chi connectivity index (χ0n) is 9.97. The topological polar surface area (TPSA) is 29.1 Å². The number of amides is 1. The van der Waals surface area contributed by atoms with Crippen molar-refractivity contribution in [1.82, 2.24) is 0 Å². The van der Waals surface area contributed by atoms with E-state index in [9.17, 15) is 4.79 Å². The highest BCUT2D eigenvalue weighted by Gasteiger charge is 1.96. The SMILES string of the molecule is [CH2]c1ccc(NC(=O)/C=C/c2ccccc2)cc1. The fraction of sp³-hybridized carbons (Fsp3) is 0. The van der Waals surface area contributed by atoms with Crippen LogP contribution in [0.3, 0.4) is 0 Å². The fourth-order valence-electron chi connectivity index (χ4n) is 1.51. The molecule has 0 saturated carbocycles. The quantitative estimate of drug-likeness (QED) is 0.812. The van der Waals surface area contributed by atoms with Gasteiger partial charge in [-0.2, -0.15) is 0 Å². The molecule has 2 heteroatoms. The number of hydrogen-bond donors (Lipinski definition) is 1. The average molecular weight is 236 g/mol. The van der Waals surface area contributed by atoms with E-state index < -0.39 is 0 Å². The molecular formula is C16H14NO. The largest absolute Gasteiger partial charge is 0.323 e. The summed E-state index contributed by atoms with van der Waals surface area (Å²) in [5.41, 5.74) is 2.69. The summed E-state index contributed by atoms with van der Waals surface area (Å²) in [6.45, 7) is 3.79. The summed E-state index contributed by atoms with van der Waals surface area (Å²) >= 11 is 0. The third-order valence-corrected chi connectivity index (χ3v) is 2.45. The molecule has 1 N–H and O–H groups in total. The van der Waals surface area contributed by atoms with E-state index in [-0.39, 0.29) is 5.91 Å². The summed E-state index contributed by atoms with van der Waals surface area (Å²) in [5.74, 6) is -0.143. The fourth-order valence-corrected chi connectivity index (χ4v) is 1.51. The average Bonchev–Trinajstić information content (AvgIpc) is 2.40. The van der Waals surface area contributed by atoms with E-state index in [1.807, 2.05) is 54.6 Å². The Bertz CT molecular complexity index is 541. The molecule has 0 aliphatic carbocycles. The second-order valence-electron chi connectivity index (χ2n) is 3.93. The first-order chi connectivity index (χ1) is 8.74. The smallest absolute Gasteiger partial charge is 0.248 e. The molecule has 1 radical (unpaired) electrons. The Morgan fingerprint density at radius 1 is 1.00 bits per heavy atom. The Morgan fingerprint density at radius 2 is 1.67 bits per heavy atom. The highest BCUT2D eigenvalue weighted by molar-refractivity contribution is 6.01. The molecule has 0 aliphatic rings. The second kappa shape index (κ2) is 5.82. The van der Waals surface area contributed by atoms with E-state index in [0.29, 0.717) is 0 Å². The summed E-state index contributed by atoms with van der Waals surface area (Å²) in [5, 5.41) is 2.79. The molecule has 0 bridgehead atoms. The third-order valence-electron chi connectivity index (χ3n) is 2.45. The van der Waals surface area contributed by atoms with E-state index >= 15 is 0 Å². The van der Waals surface area contributed by atoms with Crippen LogP contribution in [0.15, 0.2) is 60.7 Å². The molecule has 0 spiro atoms. The lowest BCUT2D eigenvalue weighted by molar-refractivity contribution is -0.111. The molecule has 2 nitrogen and oxygen atoms in total. The molecule has 89 valence electrons. The number of nitrogens with one attached hydrogen (secondary N) is 1. The van der Waals surface area contributed by atoms with E-state index in [0.717, 1.165) is 16.8 Å². The number of carbonyl (C=O) groups is 1. The Morgan fingerprint density at radius 3 is 2.33 bits per heavy atom. The van der Waals surface area contributed by atoms with Crippen molar-refractivity contribution in [3.8, 4) is 0 Å². The first-order valence-electron chi connectivity index (χ1n) is 5.70. The summed E-state index contributed by atoms with van der Waals surface area (Å²) in [7, 11) is 0. The Hall–Kier alpha value is -2.35. The maximum atomic E-state index is 11.7. The minimum absolute atomic E-state index is 0.143. The van der Waals surface area contributed by atoms with E-state index in [2.05, 4.69) is 12.2 Å². The van der Waals surface area contributed by atoms with Gasteiger partial charge in [0.15, 0.2) is 0 Å². The Kier molecular flexibility index (Phi) is 3.92. The van der Waals surface area contributed by atoms with Crippen LogP contribution in [0.2, 0.25) is 0 Å². The first kappa shape index (κ1) is 12.1. The molecule has 18 heavy (non-hydrogen) atoms. The monoisotopic (exact) mass is 236 g/mol. The summed E-state index contributed by atoms with van der Waals surface area (Å²) in [6.07, 6.45) is 3.30. The predicted octanol–water partition coefficient (Wildman–Crippen LogP) is 3.52. The van der Waals surface area contributed by atoms with Crippen LogP contribution in [0.1, 0.15) is 11.1 Å². The van der Waals surface area contributed by atoms with Crippen molar-refractivity contribution in [1.29, 1.82) is 0 Å². The molecule has 2 aromatic rings. The number of hydrogen-bond acceptors (Lipinski definition) is 1. The maximum Gasteiger partial charge on any atom is 0.248 e. The van der Waals surface area contributed by atoms with Gasteiger partial charge < -0.3 is 5.32 Å². The molecule has 0 aromatic heterocycles. The molecule has 0 fully saturated rings. The molecule has 0 saturated heterocycles. The van der Waals surface area contributed by atoms with Crippen molar-refractivity contribution in [3.63, 3.8) is 0 Å². The van der Waals surface area contributed by atoms with Crippen LogP contribution >= 0.6 is 0 Å². The van der Waals surface area contributed by atoms with Crippen LogP contribution in [0.4, 0.5) is 5.69 Å². The van der Waals surface area contributed by atoms with E-state index in [4.69, 9.17) is 0 Å². The molecule has 2 aromatic carbocycles. The van der Waals surface area contributed by atoms with Gasteiger partial charge in [0.05, 0.1) is 0 Å². The number of carbonyl (C=O) groups excluding carboxylic acids is 1. The van der Waals surface area contributed by atoms with Crippen LogP contribution < -0.4 is 5.32 Å². The second-order valence-corrected chi connectivity index (χ2v) is 3.93. The van der Waals surface area contributed by atoms with Gasteiger partial charge in [-0.3, -0.25) is 4.79 Å². The zero-order valence-corrected chi connectivity index (χ0v) is 9.97. The third kappa shape index (κ3) is 3.59. The summed E-state index contributed by atoms with van der Waals surface area (Å²) in [4.78, 5) is 11.7. The Balaban J connectivity index is 1.97. The van der Waals surface area contributed by atoms with Crippen molar-refractivity contribution < 1.29 is 4.79 Å². The van der Waals surface area contributed by atoms with Gasteiger partial charge >= 0.3 is 0 Å². The van der Waals surface area contributed by atoms with Crippen molar-refractivity contribution in [2.75, 3.05) is 5.32 Å². The standard InChI is InChI=1S/C16H14NO/c1-13-7-10-15(11-8-13)17-16(18)12-9-14-5-3-2-4-6-14/h2-12H,1H2,(H,17,18)/b12-9+. The normalized spacial score (nSPS) is 10.5. The van der Waals surface area contributed by atoms with Crippen molar-refractivity contribution in [2.24, 2.45) is 0 Å². The predicted molar refractivity (Wildman–Crippen MR) is 75.0 cm³/mol. The van der Waals surface area contributed by atoms with Crippen molar-refractivity contribution >= 4 is 17.7 Å². The van der Waals surface area contributed by atoms with Crippen molar-refractivity contribution in [3.05, 3.63) is 78.7 Å². The highest BCUT2D eigenvalue weighted by Crippen LogP contribution is 2.09. The lowest BCUT2D eigenvalue weighted by Crippen LogP contribution is -2.07. The van der Waals surface area contributed by atoms with Gasteiger partial charge in [0.25, 0.3) is 0 Å². The number of rotatable bonds is 3. The molecule has 0 atom stereocenters. The molecule has 1 amide bonds. The summed E-state index contributed by atoms with van der Waals surface area (Å²) in [6, 6.07) is 17.1. The highest BCUT2D eigenvalue weighted by atomic mass is 16.1. The van der Waals surface area contributed by atoms with Gasteiger partial charge in [-0.15, -0.1) is 0 Å². The molecule has 0 heterocycles. The van der Waals surface area contributed by atoms with Crippen molar-refractivity contribution in [2.45, 2.75) is 0 Å². The van der Waals surface area contributed by atoms with Crippen LogP contribution in [-0.4, -0.2) is 5.91 Å². The Labute approximate surface area is 107 Å². The van der Waals surface area contributed by atoms with Gasteiger partial charge in [-0.1, -0.05) is 42.5 Å². The van der Waals surface area contributed by atoms with E-state index in [1.165, 1.54) is 6.08 Å². The number of anilines is 1. The van der Waals surface area contributed by atoms with Gasteiger partial charge in [0.1, 0.15) is 0 Å². The van der Waals surface area contributed by atoms with E-state index in [1.54, 1.807) is 6.08 Å². The van der Waals surface area contributed by atoms with Gasteiger partial charge in [-0.05, 0) is 36.3 Å². The van der Waals surface area contributed by atoms with Crippen LogP contribution in [0.25, 0.3) is 6.08 Å². The van der Waals surface area contributed by atoms with Gasteiger partial charge in [0.2, 0.25) is 5.91 Å². The van der Waals surface area contributed by atoms with Gasteiger partial charge in [0, 0.05) is 11.8 Å². The minimum Gasteiger partial charge on any atom is -0.323 e. The number of benzene rings is 2. The summed E-state index contributed by atoms with van der Waals surface area (Å²) < 4.78 is 0. The molecule has 0 unspecified atom stereocenters. The lowest BCUT2D eigenvalue weighted by Gasteiger charge is -2.02. The molecular weight excluding hydrogens is 222 g/mol. The maximum absolute atomic E-state index is 11.7. The zero-order chi connectivity index (χ0) is 12.8. The van der Waals surface area contributed by atoms with Crippen LogP contribution in [0, 0.1) is 6.92 Å². The minimum atomic E-state index is -0.143. The van der Waals surface area contributed by atoms with Gasteiger partial charge in [-0.25, -0.2) is 0 Å². The van der Waals surface area contributed by atoms with Crippen LogP contribution in [0.5, 0.6) is 0 Å². The molecule has 0 aliphatic heterocycles. The first-order valence-corrected chi connectivity index (χ1v) is 5.70. The lowest BCUT2D eigenvalue weighted by atomic mass is 10.2. The van der Waals surface area contributed by atoms with Crippen LogP contribution in [-0.2, 0) is 4.79 Å².